The molecule has 0 aromatic carbocycles. The van der Waals surface area contributed by atoms with E-state index in [0.717, 1.165) is 6.42 Å². The summed E-state index contributed by atoms with van der Waals surface area (Å²) < 4.78 is 0. The van der Waals surface area contributed by atoms with E-state index in [1.165, 1.54) is 12.4 Å². The summed E-state index contributed by atoms with van der Waals surface area (Å²) in [4.78, 5) is 31.4. The van der Waals surface area contributed by atoms with Crippen LogP contribution < -0.4 is 16.0 Å². The number of hydrogen-bond acceptors (Lipinski definition) is 5. The molecule has 0 radical (unpaired) electrons. The van der Waals surface area contributed by atoms with Gasteiger partial charge in [-0.3, -0.25) is 14.6 Å². The smallest absolute Gasteiger partial charge is 0.272 e. The molecule has 0 bridgehead atoms. The highest BCUT2D eigenvalue weighted by Gasteiger charge is 2.24. The zero-order valence-electron chi connectivity index (χ0n) is 10.1. The minimum Gasteiger partial charge on any atom is -0.372 e. The number of hydrogen-bond donors (Lipinski definition) is 3. The van der Waals surface area contributed by atoms with Crippen LogP contribution in [0.3, 0.4) is 0 Å². The number of nitrogens with one attached hydrogen (secondary N) is 3. The average molecular weight is 249 g/mol. The van der Waals surface area contributed by atoms with Crippen molar-refractivity contribution < 1.29 is 9.59 Å². The molecular weight excluding hydrogens is 234 g/mol. The van der Waals surface area contributed by atoms with Gasteiger partial charge in [0.2, 0.25) is 5.91 Å². The lowest BCUT2D eigenvalue weighted by Crippen LogP contribution is -2.50. The monoisotopic (exact) mass is 249 g/mol. The summed E-state index contributed by atoms with van der Waals surface area (Å²) in [6.45, 7) is 0.667. The number of amides is 2. The van der Waals surface area contributed by atoms with Crippen LogP contribution in [0.5, 0.6) is 0 Å². The third-order valence-corrected chi connectivity index (χ3v) is 2.71. The van der Waals surface area contributed by atoms with Gasteiger partial charge in [0, 0.05) is 13.6 Å². The van der Waals surface area contributed by atoms with Gasteiger partial charge in [0.25, 0.3) is 5.91 Å². The second kappa shape index (κ2) is 5.44. The Morgan fingerprint density at radius 2 is 2.33 bits per heavy atom. The molecule has 1 fully saturated rings. The zero-order chi connectivity index (χ0) is 13.0. The molecule has 1 atom stereocenters. The highest BCUT2D eigenvalue weighted by molar-refractivity contribution is 5.96. The molecule has 18 heavy (non-hydrogen) atoms. The van der Waals surface area contributed by atoms with Crippen molar-refractivity contribution in [2.45, 2.75) is 18.9 Å². The molecule has 1 saturated heterocycles. The molecule has 1 aliphatic heterocycles. The lowest BCUT2D eigenvalue weighted by atomic mass is 10.1. The van der Waals surface area contributed by atoms with E-state index >= 15 is 0 Å². The number of carbonyl (C=O) groups excluding carboxylic acids is 2. The van der Waals surface area contributed by atoms with Crippen LogP contribution in [0.15, 0.2) is 12.4 Å². The first-order chi connectivity index (χ1) is 8.70. The first kappa shape index (κ1) is 12.3. The van der Waals surface area contributed by atoms with E-state index in [2.05, 4.69) is 25.9 Å². The topological polar surface area (TPSA) is 96.0 Å². The maximum absolute atomic E-state index is 11.9. The van der Waals surface area contributed by atoms with Crippen molar-refractivity contribution in [3.05, 3.63) is 18.1 Å². The Balaban J connectivity index is 2.04. The number of piperidine rings is 1. The molecule has 7 nitrogen and oxygen atoms in total. The summed E-state index contributed by atoms with van der Waals surface area (Å²) in [6.07, 6.45) is 4.40. The Labute approximate surface area is 104 Å². The highest BCUT2D eigenvalue weighted by Crippen LogP contribution is 2.05. The quantitative estimate of drug-likeness (QED) is 0.673. The van der Waals surface area contributed by atoms with E-state index in [1.54, 1.807) is 7.05 Å². The van der Waals surface area contributed by atoms with Gasteiger partial charge in [-0.05, 0) is 12.8 Å². The minimum atomic E-state index is -0.480. The van der Waals surface area contributed by atoms with E-state index in [-0.39, 0.29) is 17.5 Å². The average Bonchev–Trinajstić information content (AvgIpc) is 2.41. The Hall–Kier alpha value is -2.18. The van der Waals surface area contributed by atoms with Crippen LogP contribution >= 0.6 is 0 Å². The predicted molar refractivity (Wildman–Crippen MR) is 65.1 cm³/mol. The molecular formula is C11H15N5O2. The molecule has 1 aromatic rings. The molecule has 3 N–H and O–H groups in total. The molecule has 96 valence electrons. The van der Waals surface area contributed by atoms with Crippen LogP contribution in [-0.4, -0.2) is 41.4 Å². The number of carbonyl (C=O) groups is 2. The van der Waals surface area contributed by atoms with Gasteiger partial charge in [-0.1, -0.05) is 0 Å². The number of anilines is 1. The third-order valence-electron chi connectivity index (χ3n) is 2.71. The fourth-order valence-corrected chi connectivity index (χ4v) is 1.74. The van der Waals surface area contributed by atoms with Crippen LogP contribution in [0.1, 0.15) is 23.3 Å². The maximum Gasteiger partial charge on any atom is 0.272 e. The van der Waals surface area contributed by atoms with Crippen molar-refractivity contribution in [3.63, 3.8) is 0 Å². The van der Waals surface area contributed by atoms with Crippen LogP contribution in [0.4, 0.5) is 5.82 Å². The first-order valence-corrected chi connectivity index (χ1v) is 5.79. The van der Waals surface area contributed by atoms with Crippen LogP contribution in [0.25, 0.3) is 0 Å². The second-order valence-electron chi connectivity index (χ2n) is 4.00. The fraction of sp³-hybridized carbons (Fsp3) is 0.455. The first-order valence-electron chi connectivity index (χ1n) is 5.79. The molecule has 2 heterocycles. The Bertz CT molecular complexity index is 463. The molecule has 1 aliphatic rings. The van der Waals surface area contributed by atoms with Crippen molar-refractivity contribution in [2.75, 3.05) is 18.9 Å². The number of nitrogens with zero attached hydrogens (tertiary/aromatic N) is 2. The summed E-state index contributed by atoms with van der Waals surface area (Å²) >= 11 is 0. The molecule has 0 aliphatic carbocycles. The summed E-state index contributed by atoms with van der Waals surface area (Å²) in [5, 5.41) is 8.17. The molecule has 7 heteroatoms. The molecule has 0 saturated carbocycles. The van der Waals surface area contributed by atoms with Crippen molar-refractivity contribution in [1.82, 2.24) is 20.6 Å². The molecule has 1 aromatic heterocycles. The molecule has 0 spiro atoms. The normalized spacial score (nSPS) is 18.9. The number of aromatic nitrogens is 2. The van der Waals surface area contributed by atoms with Gasteiger partial charge >= 0.3 is 0 Å². The van der Waals surface area contributed by atoms with Crippen molar-refractivity contribution >= 4 is 17.6 Å². The summed E-state index contributed by atoms with van der Waals surface area (Å²) in [5.41, 5.74) is 0.195. The minimum absolute atomic E-state index is 0.146. The van der Waals surface area contributed by atoms with Crippen molar-refractivity contribution in [2.24, 2.45) is 0 Å². The van der Waals surface area contributed by atoms with Crippen LogP contribution in [-0.2, 0) is 4.79 Å². The van der Waals surface area contributed by atoms with E-state index in [1.807, 2.05) is 0 Å². The van der Waals surface area contributed by atoms with Crippen molar-refractivity contribution in [3.8, 4) is 0 Å². The van der Waals surface area contributed by atoms with E-state index in [0.29, 0.717) is 18.8 Å². The fourth-order valence-electron chi connectivity index (χ4n) is 1.74. The van der Waals surface area contributed by atoms with Crippen LogP contribution in [0.2, 0.25) is 0 Å². The van der Waals surface area contributed by atoms with E-state index < -0.39 is 6.04 Å². The second-order valence-corrected chi connectivity index (χ2v) is 4.00. The molecule has 2 amide bonds. The Kier molecular flexibility index (Phi) is 3.71. The van der Waals surface area contributed by atoms with E-state index in [4.69, 9.17) is 0 Å². The molecule has 2 rings (SSSR count). The summed E-state index contributed by atoms with van der Waals surface area (Å²) in [5.74, 6) is -0.0234. The predicted octanol–water partition coefficient (Wildman–Crippen LogP) is -0.473. The standard InChI is InChI=1S/C11H15N5O2/c1-12-9-6-13-5-8(15-9)11(18)16-7-3-2-4-14-10(7)17/h5-7H,2-4H2,1H3,(H,12,15)(H,14,17)(H,16,18). The van der Waals surface area contributed by atoms with Gasteiger partial charge in [0.1, 0.15) is 17.6 Å². The van der Waals surface area contributed by atoms with Gasteiger partial charge < -0.3 is 16.0 Å². The van der Waals surface area contributed by atoms with Gasteiger partial charge in [-0.2, -0.15) is 0 Å². The summed E-state index contributed by atoms with van der Waals surface area (Å²) in [6, 6.07) is -0.480. The SMILES string of the molecule is CNc1cncc(C(=O)NC2CCCNC2=O)n1. The Morgan fingerprint density at radius 3 is 3.06 bits per heavy atom. The lowest BCUT2D eigenvalue weighted by Gasteiger charge is -2.22. The lowest BCUT2D eigenvalue weighted by molar-refractivity contribution is -0.124. The third kappa shape index (κ3) is 2.73. The van der Waals surface area contributed by atoms with Gasteiger partial charge in [0.05, 0.1) is 12.4 Å². The van der Waals surface area contributed by atoms with Gasteiger partial charge in [0.15, 0.2) is 0 Å². The van der Waals surface area contributed by atoms with Crippen LogP contribution in [0, 0.1) is 0 Å². The van der Waals surface area contributed by atoms with Gasteiger partial charge in [-0.25, -0.2) is 4.98 Å². The van der Waals surface area contributed by atoms with E-state index in [9.17, 15) is 9.59 Å². The maximum atomic E-state index is 11.9. The largest absolute Gasteiger partial charge is 0.372 e. The Morgan fingerprint density at radius 1 is 1.50 bits per heavy atom. The number of rotatable bonds is 3. The molecule has 1 unspecified atom stereocenters. The zero-order valence-corrected chi connectivity index (χ0v) is 10.1. The van der Waals surface area contributed by atoms with Crippen molar-refractivity contribution in [1.29, 1.82) is 0 Å². The highest BCUT2D eigenvalue weighted by atomic mass is 16.2. The summed E-state index contributed by atoms with van der Waals surface area (Å²) in [7, 11) is 1.69. The van der Waals surface area contributed by atoms with Gasteiger partial charge in [-0.15, -0.1) is 0 Å².